The van der Waals surface area contributed by atoms with Gasteiger partial charge in [0.1, 0.15) is 11.9 Å². The van der Waals surface area contributed by atoms with Crippen molar-refractivity contribution in [1.29, 1.82) is 0 Å². The molecule has 148 valence electrons. The van der Waals surface area contributed by atoms with Gasteiger partial charge < -0.3 is 14.7 Å². The first kappa shape index (κ1) is 21.7. The van der Waals surface area contributed by atoms with Crippen molar-refractivity contribution in [2.75, 3.05) is 20.6 Å². The number of nitrogens with zero attached hydrogens (tertiary/aromatic N) is 1. The number of hydrogen-bond acceptors (Lipinski definition) is 4. The number of carboxylic acids is 1. The highest BCUT2D eigenvalue weighted by atomic mass is 32.1. The molecule has 5 heteroatoms. The summed E-state index contributed by atoms with van der Waals surface area (Å²) in [6.45, 7) is 2.67. The van der Waals surface area contributed by atoms with Crippen molar-refractivity contribution in [2.45, 2.75) is 19.4 Å². The number of carboxylic acid groups (broad SMARTS) is 1. The fraction of sp³-hybridized carbons (Fsp3) is 0.261. The van der Waals surface area contributed by atoms with Crippen LogP contribution in [0.15, 0.2) is 72.1 Å². The van der Waals surface area contributed by atoms with Gasteiger partial charge in [-0.15, -0.1) is 11.3 Å². The largest absolute Gasteiger partial charge is 0.484 e. The number of aliphatic carboxylic acids is 1. The highest BCUT2D eigenvalue weighted by molar-refractivity contribution is 7.10. The number of benzene rings is 2. The first-order chi connectivity index (χ1) is 13.5. The molecule has 4 nitrogen and oxygen atoms in total. The Balaban J connectivity index is 0.000000409. The van der Waals surface area contributed by atoms with Crippen LogP contribution in [-0.2, 0) is 4.79 Å². The van der Waals surface area contributed by atoms with Gasteiger partial charge in [0.2, 0.25) is 0 Å². The third kappa shape index (κ3) is 6.83. The monoisotopic (exact) mass is 397 g/mol. The average molecular weight is 398 g/mol. The Kier molecular flexibility index (Phi) is 8.72. The minimum atomic E-state index is -0.891. The van der Waals surface area contributed by atoms with Crippen molar-refractivity contribution in [2.24, 2.45) is 0 Å². The highest BCUT2D eigenvalue weighted by Crippen LogP contribution is 2.32. The summed E-state index contributed by atoms with van der Waals surface area (Å²) >= 11 is 1.76. The number of carbonyl (C=O) groups is 1. The summed E-state index contributed by atoms with van der Waals surface area (Å²) < 4.78 is 6.41. The third-order valence-corrected chi connectivity index (χ3v) is 4.99. The molecular formula is C23H27NO3S. The summed E-state index contributed by atoms with van der Waals surface area (Å²) in [5.74, 6) is 0.0766. The van der Waals surface area contributed by atoms with Crippen LogP contribution in [0, 0.1) is 0 Å². The molecule has 1 aromatic heterocycles. The van der Waals surface area contributed by atoms with Gasteiger partial charge >= 0.3 is 5.97 Å². The molecule has 0 radical (unpaired) electrons. The van der Waals surface area contributed by atoms with Crippen molar-refractivity contribution in [1.82, 2.24) is 4.90 Å². The molecule has 0 saturated heterocycles. The SMILES string of the molecule is C/C=C/C(=O)O.CN(C)CC[C@H](Oc1cccc2ccccc12)c1cccs1. The Morgan fingerprint density at radius 1 is 1.14 bits per heavy atom. The highest BCUT2D eigenvalue weighted by Gasteiger charge is 2.16. The maximum absolute atomic E-state index is 9.51. The zero-order valence-electron chi connectivity index (χ0n) is 16.5. The van der Waals surface area contributed by atoms with Crippen molar-refractivity contribution in [3.8, 4) is 5.75 Å². The van der Waals surface area contributed by atoms with Crippen molar-refractivity contribution < 1.29 is 14.6 Å². The second kappa shape index (κ2) is 11.3. The molecule has 0 fully saturated rings. The molecule has 0 aliphatic carbocycles. The van der Waals surface area contributed by atoms with Gasteiger partial charge in [0.25, 0.3) is 0 Å². The van der Waals surface area contributed by atoms with Crippen LogP contribution in [0.5, 0.6) is 5.75 Å². The zero-order chi connectivity index (χ0) is 20.4. The molecule has 3 rings (SSSR count). The normalized spacial score (nSPS) is 12.0. The Hall–Kier alpha value is -2.63. The van der Waals surface area contributed by atoms with Crippen LogP contribution in [-0.4, -0.2) is 36.6 Å². The molecule has 2 aromatic carbocycles. The van der Waals surface area contributed by atoms with E-state index in [1.165, 1.54) is 21.7 Å². The van der Waals surface area contributed by atoms with E-state index >= 15 is 0 Å². The van der Waals surface area contributed by atoms with Crippen LogP contribution in [0.2, 0.25) is 0 Å². The summed E-state index contributed by atoms with van der Waals surface area (Å²) in [4.78, 5) is 13.0. The summed E-state index contributed by atoms with van der Waals surface area (Å²) in [7, 11) is 4.20. The summed E-state index contributed by atoms with van der Waals surface area (Å²) in [6.07, 6.45) is 3.65. The Bertz CT molecular complexity index is 883. The zero-order valence-corrected chi connectivity index (χ0v) is 17.4. The fourth-order valence-electron chi connectivity index (χ4n) is 2.70. The lowest BCUT2D eigenvalue weighted by atomic mass is 10.1. The molecule has 0 aliphatic rings. The number of rotatable bonds is 7. The topological polar surface area (TPSA) is 49.8 Å². The minimum absolute atomic E-state index is 0.105. The fourth-order valence-corrected chi connectivity index (χ4v) is 3.49. The molecule has 0 bridgehead atoms. The van der Waals surface area contributed by atoms with Crippen molar-refractivity contribution >= 4 is 28.1 Å². The molecule has 1 N–H and O–H groups in total. The molecule has 0 saturated carbocycles. The van der Waals surface area contributed by atoms with E-state index in [1.807, 2.05) is 0 Å². The lowest BCUT2D eigenvalue weighted by molar-refractivity contribution is -0.131. The quantitative estimate of drug-likeness (QED) is 0.526. The van der Waals surface area contributed by atoms with E-state index in [4.69, 9.17) is 9.84 Å². The molecule has 28 heavy (non-hydrogen) atoms. The lowest BCUT2D eigenvalue weighted by Crippen LogP contribution is -2.18. The van der Waals surface area contributed by atoms with Gasteiger partial charge in [-0.1, -0.05) is 48.5 Å². The van der Waals surface area contributed by atoms with Crippen LogP contribution in [0.1, 0.15) is 24.3 Å². The molecular weight excluding hydrogens is 370 g/mol. The summed E-state index contributed by atoms with van der Waals surface area (Å²) in [5.41, 5.74) is 0. The van der Waals surface area contributed by atoms with E-state index in [1.54, 1.807) is 18.3 Å². The van der Waals surface area contributed by atoms with Gasteiger partial charge in [0.15, 0.2) is 0 Å². The van der Waals surface area contributed by atoms with Gasteiger partial charge in [0, 0.05) is 29.3 Å². The smallest absolute Gasteiger partial charge is 0.327 e. The number of fused-ring (bicyclic) bond motifs is 1. The summed E-state index contributed by atoms with van der Waals surface area (Å²) in [5, 5.41) is 12.3. The van der Waals surface area contributed by atoms with Gasteiger partial charge in [-0.3, -0.25) is 0 Å². The van der Waals surface area contributed by atoms with Gasteiger partial charge in [-0.25, -0.2) is 4.79 Å². The number of hydrogen-bond donors (Lipinski definition) is 1. The standard InChI is InChI=1S/C19H21NOS.C4H6O2/c1-20(2)13-12-18(19-11-6-14-22-19)21-17-10-5-8-15-7-3-4-9-16(15)17;1-2-3-4(5)6/h3-11,14,18H,12-13H2,1-2H3;2-3H,1H3,(H,5,6)/b;3-2+/t18-;/m0./s1. The minimum Gasteiger partial charge on any atom is -0.484 e. The Morgan fingerprint density at radius 2 is 1.89 bits per heavy atom. The molecule has 1 atom stereocenters. The van der Waals surface area contributed by atoms with E-state index in [9.17, 15) is 4.79 Å². The van der Waals surface area contributed by atoms with E-state index < -0.39 is 5.97 Å². The van der Waals surface area contributed by atoms with E-state index in [0.29, 0.717) is 0 Å². The predicted molar refractivity (Wildman–Crippen MR) is 117 cm³/mol. The molecule has 1 heterocycles. The second-order valence-electron chi connectivity index (χ2n) is 6.53. The first-order valence-electron chi connectivity index (χ1n) is 9.19. The third-order valence-electron chi connectivity index (χ3n) is 4.03. The van der Waals surface area contributed by atoms with Crippen LogP contribution in [0.3, 0.4) is 0 Å². The van der Waals surface area contributed by atoms with Crippen LogP contribution < -0.4 is 4.74 Å². The maximum atomic E-state index is 9.51. The average Bonchev–Trinajstić information content (AvgIpc) is 3.20. The lowest BCUT2D eigenvalue weighted by Gasteiger charge is -2.21. The molecule has 0 unspecified atom stereocenters. The second-order valence-corrected chi connectivity index (χ2v) is 7.51. The molecule has 0 amide bonds. The van der Waals surface area contributed by atoms with Gasteiger partial charge in [-0.2, -0.15) is 0 Å². The van der Waals surface area contributed by atoms with Crippen LogP contribution in [0.4, 0.5) is 0 Å². The van der Waals surface area contributed by atoms with Gasteiger partial charge in [-0.05, 0) is 43.9 Å². The molecule has 3 aromatic rings. The van der Waals surface area contributed by atoms with Crippen LogP contribution in [0.25, 0.3) is 10.8 Å². The first-order valence-corrected chi connectivity index (χ1v) is 10.1. The maximum Gasteiger partial charge on any atom is 0.327 e. The Labute approximate surface area is 170 Å². The van der Waals surface area contributed by atoms with E-state index in [0.717, 1.165) is 24.8 Å². The number of ether oxygens (including phenoxy) is 1. The van der Waals surface area contributed by atoms with Crippen molar-refractivity contribution in [3.63, 3.8) is 0 Å². The van der Waals surface area contributed by atoms with E-state index in [2.05, 4.69) is 79.0 Å². The molecule has 0 aliphatic heterocycles. The van der Waals surface area contributed by atoms with Gasteiger partial charge in [0.05, 0.1) is 0 Å². The van der Waals surface area contributed by atoms with Crippen molar-refractivity contribution in [3.05, 3.63) is 77.0 Å². The van der Waals surface area contributed by atoms with Crippen LogP contribution >= 0.6 is 11.3 Å². The number of allylic oxidation sites excluding steroid dienone is 1. The van der Waals surface area contributed by atoms with E-state index in [-0.39, 0.29) is 6.10 Å². The molecule has 0 spiro atoms. The predicted octanol–water partition coefficient (Wildman–Crippen LogP) is 5.62. The summed E-state index contributed by atoms with van der Waals surface area (Å²) in [6, 6.07) is 18.9. The number of thiophene rings is 1. The Morgan fingerprint density at radius 3 is 2.50 bits per heavy atom.